The molecule has 0 spiro atoms. The lowest BCUT2D eigenvalue weighted by Gasteiger charge is -2.19. The van der Waals surface area contributed by atoms with E-state index in [1.165, 1.54) is 18.2 Å². The summed E-state index contributed by atoms with van der Waals surface area (Å²) in [5.41, 5.74) is -0.785. The average molecular weight is 576 g/mol. The molecule has 0 unspecified atom stereocenters. The summed E-state index contributed by atoms with van der Waals surface area (Å²) in [5, 5.41) is 5.10. The highest BCUT2D eigenvalue weighted by Gasteiger charge is 2.33. The largest absolute Gasteiger partial charge is 0.477 e. The van der Waals surface area contributed by atoms with Gasteiger partial charge in [-0.3, -0.25) is 0 Å². The minimum atomic E-state index is -4.63. The first kappa shape index (κ1) is 31.6. The van der Waals surface area contributed by atoms with E-state index in [-0.39, 0.29) is 31.1 Å². The number of aromatic nitrogens is 1. The third-order valence-electron chi connectivity index (χ3n) is 4.70. The fourth-order valence-corrected chi connectivity index (χ4v) is 3.57. The topological polar surface area (TPSA) is 148 Å². The summed E-state index contributed by atoms with van der Waals surface area (Å²) in [7, 11) is -4.17. The number of alkyl halides is 3. The van der Waals surface area contributed by atoms with E-state index in [2.05, 4.69) is 20.3 Å². The Morgan fingerprint density at radius 2 is 1.67 bits per heavy atom. The number of benzene rings is 1. The molecule has 1 aromatic heterocycles. The van der Waals surface area contributed by atoms with E-state index < -0.39 is 39.8 Å². The van der Waals surface area contributed by atoms with Gasteiger partial charge in [0.15, 0.2) is 0 Å². The Hall–Kier alpha value is -3.59. The molecule has 0 saturated heterocycles. The van der Waals surface area contributed by atoms with E-state index >= 15 is 0 Å². The minimum Gasteiger partial charge on any atom is -0.477 e. The maximum absolute atomic E-state index is 13.0. The van der Waals surface area contributed by atoms with Crippen LogP contribution in [0.5, 0.6) is 5.88 Å². The maximum Gasteiger partial charge on any atom is 0.433 e. The number of nitrogens with one attached hydrogen (secondary N) is 4. The molecule has 0 bridgehead atoms. The van der Waals surface area contributed by atoms with E-state index in [1.54, 1.807) is 37.6 Å². The molecule has 2 rings (SSSR count). The van der Waals surface area contributed by atoms with Gasteiger partial charge in [-0.25, -0.2) is 19.3 Å². The predicted octanol–water partition coefficient (Wildman–Crippen LogP) is 4.46. The number of nitrogens with zero attached hydrogens (tertiary/aromatic N) is 1. The summed E-state index contributed by atoms with van der Waals surface area (Å²) in [6.45, 7) is 6.58. The number of halogens is 3. The second-order valence-corrected chi connectivity index (χ2v) is 10.8. The van der Waals surface area contributed by atoms with Crippen LogP contribution in [0.4, 0.5) is 28.4 Å². The van der Waals surface area contributed by atoms with E-state index in [9.17, 15) is 31.2 Å². The van der Waals surface area contributed by atoms with Gasteiger partial charge >= 0.3 is 28.5 Å². The second kappa shape index (κ2) is 13.5. The van der Waals surface area contributed by atoms with Crippen molar-refractivity contribution in [1.29, 1.82) is 0 Å². The first-order valence-electron chi connectivity index (χ1n) is 11.9. The Morgan fingerprint density at radius 1 is 1.00 bits per heavy atom. The summed E-state index contributed by atoms with van der Waals surface area (Å²) < 4.78 is 77.4. The molecule has 0 aliphatic carbocycles. The SMILES string of the molecule is CCCCOc1nc(C(F)(F)F)ccc1CNC(=O)Nc1ccc(CNS(=O)(=O)NC(=O)OC(C)(C)C)cc1. The Morgan fingerprint density at radius 3 is 2.26 bits per heavy atom. The lowest BCUT2D eigenvalue weighted by atomic mass is 10.2. The Balaban J connectivity index is 1.91. The fraction of sp³-hybridized carbons (Fsp3) is 0.458. The molecule has 39 heavy (non-hydrogen) atoms. The molecule has 3 amide bonds. The zero-order valence-corrected chi connectivity index (χ0v) is 22.8. The van der Waals surface area contributed by atoms with Crippen molar-refractivity contribution < 1.29 is 40.7 Å². The Bertz CT molecular complexity index is 1230. The van der Waals surface area contributed by atoms with Gasteiger partial charge in [0, 0.05) is 24.3 Å². The van der Waals surface area contributed by atoms with Gasteiger partial charge in [-0.15, -0.1) is 0 Å². The number of pyridine rings is 1. The number of anilines is 1. The highest BCUT2D eigenvalue weighted by atomic mass is 32.2. The zero-order chi connectivity index (χ0) is 29.3. The smallest absolute Gasteiger partial charge is 0.433 e. The van der Waals surface area contributed by atoms with E-state index in [0.29, 0.717) is 17.7 Å². The minimum absolute atomic E-state index is 0.136. The van der Waals surface area contributed by atoms with Crippen LogP contribution in [0.25, 0.3) is 0 Å². The van der Waals surface area contributed by atoms with E-state index in [1.807, 2.05) is 6.92 Å². The standard InChI is InChI=1S/C24H32F3N5O6S/c1-5-6-13-37-20-17(9-12-19(31-20)24(25,26)27)15-28-21(33)30-18-10-7-16(8-11-18)14-29-39(35,36)32-22(34)38-23(2,3)4/h7-12,29H,5-6,13-15H2,1-4H3,(H,32,34)(H2,28,30,33). The molecule has 0 atom stereocenters. The summed E-state index contributed by atoms with van der Waals surface area (Å²) in [4.78, 5) is 27.5. The molecule has 2 aromatic rings. The molecule has 0 radical (unpaired) electrons. The van der Waals surface area contributed by atoms with Gasteiger partial charge in [-0.2, -0.15) is 26.3 Å². The van der Waals surface area contributed by atoms with Gasteiger partial charge in [0.1, 0.15) is 11.3 Å². The van der Waals surface area contributed by atoms with Gasteiger partial charge in [0.25, 0.3) is 0 Å². The van der Waals surface area contributed by atoms with Gasteiger partial charge in [-0.05, 0) is 57.0 Å². The van der Waals surface area contributed by atoms with Crippen molar-refractivity contribution in [2.45, 2.75) is 65.4 Å². The van der Waals surface area contributed by atoms with Crippen LogP contribution in [-0.4, -0.2) is 37.7 Å². The second-order valence-electron chi connectivity index (χ2n) is 9.29. The maximum atomic E-state index is 13.0. The predicted molar refractivity (Wildman–Crippen MR) is 137 cm³/mol. The van der Waals surface area contributed by atoms with Crippen molar-refractivity contribution in [2.24, 2.45) is 0 Å². The molecular weight excluding hydrogens is 543 g/mol. The molecular formula is C24H32F3N5O6S. The van der Waals surface area contributed by atoms with Crippen molar-refractivity contribution in [3.8, 4) is 5.88 Å². The molecule has 1 aromatic carbocycles. The summed E-state index contributed by atoms with van der Waals surface area (Å²) in [6.07, 6.45) is -4.34. The molecule has 0 aliphatic heterocycles. The lowest BCUT2D eigenvalue weighted by Crippen LogP contribution is -2.42. The number of amides is 3. The fourth-order valence-electron chi connectivity index (χ4n) is 2.88. The Kier molecular flexibility index (Phi) is 10.9. The number of ether oxygens (including phenoxy) is 2. The van der Waals surface area contributed by atoms with Gasteiger partial charge < -0.3 is 20.1 Å². The number of urea groups is 1. The van der Waals surface area contributed by atoms with Crippen LogP contribution in [0.3, 0.4) is 0 Å². The van der Waals surface area contributed by atoms with Crippen LogP contribution in [-0.2, 0) is 34.2 Å². The van der Waals surface area contributed by atoms with Gasteiger partial charge in [0.2, 0.25) is 5.88 Å². The van der Waals surface area contributed by atoms with Gasteiger partial charge in [-0.1, -0.05) is 25.5 Å². The van der Waals surface area contributed by atoms with Crippen molar-refractivity contribution in [3.05, 3.63) is 53.2 Å². The monoisotopic (exact) mass is 575 g/mol. The average Bonchev–Trinajstić information content (AvgIpc) is 2.80. The molecule has 1 heterocycles. The zero-order valence-electron chi connectivity index (χ0n) is 21.9. The number of hydrogen-bond donors (Lipinski definition) is 4. The molecule has 0 aliphatic rings. The van der Waals surface area contributed by atoms with Crippen LogP contribution in [0.15, 0.2) is 36.4 Å². The quantitative estimate of drug-likeness (QED) is 0.289. The number of rotatable bonds is 11. The molecule has 4 N–H and O–H groups in total. The van der Waals surface area contributed by atoms with Crippen LogP contribution >= 0.6 is 0 Å². The highest BCUT2D eigenvalue weighted by molar-refractivity contribution is 7.88. The van der Waals surface area contributed by atoms with Crippen molar-refractivity contribution in [1.82, 2.24) is 19.7 Å². The molecule has 216 valence electrons. The molecule has 0 fully saturated rings. The number of carbonyl (C=O) groups is 2. The van der Waals surface area contributed by atoms with Crippen molar-refractivity contribution in [3.63, 3.8) is 0 Å². The summed E-state index contributed by atoms with van der Waals surface area (Å²) in [5.74, 6) is -0.202. The molecule has 0 saturated carbocycles. The Labute approximate surface area is 225 Å². The van der Waals surface area contributed by atoms with Crippen LogP contribution in [0.1, 0.15) is 57.4 Å². The number of carbonyl (C=O) groups excluding carboxylic acids is 2. The number of unbranched alkanes of at least 4 members (excludes halogenated alkanes) is 1. The van der Waals surface area contributed by atoms with Gasteiger partial charge in [0.05, 0.1) is 6.61 Å². The first-order chi connectivity index (χ1) is 18.1. The van der Waals surface area contributed by atoms with Crippen LogP contribution < -0.4 is 24.8 Å². The third-order valence-corrected chi connectivity index (χ3v) is 5.66. The molecule has 15 heteroatoms. The van der Waals surface area contributed by atoms with E-state index in [4.69, 9.17) is 9.47 Å². The van der Waals surface area contributed by atoms with Crippen molar-refractivity contribution >= 4 is 28.0 Å². The van der Waals surface area contributed by atoms with E-state index in [0.717, 1.165) is 12.5 Å². The lowest BCUT2D eigenvalue weighted by molar-refractivity contribution is -0.141. The first-order valence-corrected chi connectivity index (χ1v) is 13.4. The summed E-state index contributed by atoms with van der Waals surface area (Å²) in [6, 6.07) is 7.51. The normalized spacial score (nSPS) is 12.0. The van der Waals surface area contributed by atoms with Crippen LogP contribution in [0.2, 0.25) is 0 Å². The summed E-state index contributed by atoms with van der Waals surface area (Å²) >= 11 is 0. The van der Waals surface area contributed by atoms with Crippen molar-refractivity contribution in [2.75, 3.05) is 11.9 Å². The molecule has 11 nitrogen and oxygen atoms in total. The highest BCUT2D eigenvalue weighted by Crippen LogP contribution is 2.30. The number of hydrogen-bond acceptors (Lipinski definition) is 7. The third kappa shape index (κ3) is 11.8. The van der Waals surface area contributed by atoms with Crippen LogP contribution in [0, 0.1) is 0 Å².